The summed E-state index contributed by atoms with van der Waals surface area (Å²) in [5.41, 5.74) is 7.52. The van der Waals surface area contributed by atoms with Crippen LogP contribution in [-0.4, -0.2) is 34.0 Å². The van der Waals surface area contributed by atoms with Crippen LogP contribution in [0.5, 0.6) is 0 Å². The van der Waals surface area contributed by atoms with Crippen LogP contribution in [-0.2, 0) is 11.3 Å². The largest absolute Gasteiger partial charge is 0.464 e. The van der Waals surface area contributed by atoms with Crippen molar-refractivity contribution in [1.29, 1.82) is 0 Å². The van der Waals surface area contributed by atoms with Gasteiger partial charge in [-0.2, -0.15) is 0 Å². The third kappa shape index (κ3) is 2.39. The number of esters is 1. The number of amides is 1. The number of hydrogen-bond acceptors (Lipinski definition) is 6. The van der Waals surface area contributed by atoms with Gasteiger partial charge in [0.15, 0.2) is 11.9 Å². The van der Waals surface area contributed by atoms with E-state index in [0.717, 1.165) is 5.56 Å². The van der Waals surface area contributed by atoms with Crippen LogP contribution in [0.4, 0.5) is 5.69 Å². The maximum atomic E-state index is 12.7. The fraction of sp³-hybridized carbons (Fsp3) is 0.235. The molecule has 1 amide bonds. The highest BCUT2D eigenvalue weighted by atomic mass is 16.5. The third-order valence-corrected chi connectivity index (χ3v) is 4.06. The minimum absolute atomic E-state index is 0.0288. The van der Waals surface area contributed by atoms with Gasteiger partial charge < -0.3 is 20.5 Å². The first kappa shape index (κ1) is 15.9. The van der Waals surface area contributed by atoms with Crippen molar-refractivity contribution in [2.45, 2.75) is 19.7 Å². The maximum absolute atomic E-state index is 12.7. The van der Waals surface area contributed by atoms with Crippen molar-refractivity contribution in [2.75, 3.05) is 12.8 Å². The second kappa shape index (κ2) is 5.93. The number of benzene rings is 1. The summed E-state index contributed by atoms with van der Waals surface area (Å²) in [6.07, 6.45) is -1.24. The number of anilines is 1. The Morgan fingerprint density at radius 3 is 2.67 bits per heavy atom. The number of methoxy groups -OCH3 is 1. The minimum atomic E-state index is -1.24. The molecule has 1 atom stereocenters. The quantitative estimate of drug-likeness (QED) is 0.826. The van der Waals surface area contributed by atoms with Crippen molar-refractivity contribution in [3.05, 3.63) is 58.4 Å². The molecule has 1 aromatic carbocycles. The molecule has 1 aliphatic rings. The molecule has 1 unspecified atom stereocenters. The number of aliphatic hydroxyl groups is 1. The predicted molar refractivity (Wildman–Crippen MR) is 86.0 cm³/mol. The van der Waals surface area contributed by atoms with E-state index in [2.05, 4.69) is 9.72 Å². The van der Waals surface area contributed by atoms with Gasteiger partial charge in [-0.15, -0.1) is 0 Å². The Labute approximate surface area is 138 Å². The molecule has 0 fully saturated rings. The molecule has 7 nitrogen and oxygen atoms in total. The Balaban J connectivity index is 2.05. The van der Waals surface area contributed by atoms with E-state index in [0.29, 0.717) is 5.69 Å². The van der Waals surface area contributed by atoms with Crippen molar-refractivity contribution in [1.82, 2.24) is 9.88 Å². The average molecular weight is 327 g/mol. The van der Waals surface area contributed by atoms with Gasteiger partial charge in [-0.25, -0.2) is 9.78 Å². The number of fused-ring (bicyclic) bond motifs is 1. The van der Waals surface area contributed by atoms with Gasteiger partial charge in [-0.1, -0.05) is 30.3 Å². The van der Waals surface area contributed by atoms with Gasteiger partial charge in [0.2, 0.25) is 0 Å². The van der Waals surface area contributed by atoms with Gasteiger partial charge in [-0.3, -0.25) is 4.79 Å². The Hall–Kier alpha value is -2.93. The molecule has 0 saturated carbocycles. The zero-order valence-electron chi connectivity index (χ0n) is 13.3. The van der Waals surface area contributed by atoms with E-state index in [1.54, 1.807) is 6.92 Å². The van der Waals surface area contributed by atoms with Crippen LogP contribution < -0.4 is 5.73 Å². The van der Waals surface area contributed by atoms with Gasteiger partial charge >= 0.3 is 5.97 Å². The van der Waals surface area contributed by atoms with Crippen LogP contribution in [0.1, 0.15) is 43.9 Å². The summed E-state index contributed by atoms with van der Waals surface area (Å²) in [6, 6.07) is 9.29. The van der Waals surface area contributed by atoms with E-state index in [9.17, 15) is 14.7 Å². The van der Waals surface area contributed by atoms with Crippen molar-refractivity contribution in [3.63, 3.8) is 0 Å². The van der Waals surface area contributed by atoms with Crippen LogP contribution in [0.25, 0.3) is 0 Å². The fourth-order valence-corrected chi connectivity index (χ4v) is 2.88. The van der Waals surface area contributed by atoms with Crippen LogP contribution in [0, 0.1) is 6.92 Å². The molecule has 2 aromatic rings. The minimum Gasteiger partial charge on any atom is -0.464 e. The highest BCUT2D eigenvalue weighted by Crippen LogP contribution is 2.39. The van der Waals surface area contributed by atoms with Crippen LogP contribution >= 0.6 is 0 Å². The molecule has 0 radical (unpaired) electrons. The number of carbonyl (C=O) groups is 2. The summed E-state index contributed by atoms with van der Waals surface area (Å²) in [6.45, 7) is 1.82. The first-order chi connectivity index (χ1) is 11.5. The molecule has 3 N–H and O–H groups in total. The molecule has 0 spiro atoms. The highest BCUT2D eigenvalue weighted by molar-refractivity contribution is 6.04. The molecule has 0 aliphatic carbocycles. The third-order valence-electron chi connectivity index (χ3n) is 4.06. The van der Waals surface area contributed by atoms with Crippen molar-refractivity contribution in [3.8, 4) is 0 Å². The van der Waals surface area contributed by atoms with Gasteiger partial charge in [0, 0.05) is 12.1 Å². The summed E-state index contributed by atoms with van der Waals surface area (Å²) >= 11 is 0. The van der Waals surface area contributed by atoms with E-state index in [1.165, 1.54) is 12.0 Å². The van der Waals surface area contributed by atoms with Gasteiger partial charge in [0.25, 0.3) is 5.91 Å². The summed E-state index contributed by atoms with van der Waals surface area (Å²) in [4.78, 5) is 29.9. The van der Waals surface area contributed by atoms with Crippen molar-refractivity contribution >= 4 is 17.6 Å². The normalized spacial score (nSPS) is 16.2. The molecular formula is C17H17N3O4. The number of aryl methyl sites for hydroxylation is 1. The maximum Gasteiger partial charge on any atom is 0.358 e. The molecule has 0 bridgehead atoms. The lowest BCUT2D eigenvalue weighted by molar-refractivity contribution is 0.0140. The number of nitrogens with zero attached hydrogens (tertiary/aromatic N) is 2. The van der Waals surface area contributed by atoms with E-state index >= 15 is 0 Å². The van der Waals surface area contributed by atoms with Crippen LogP contribution in [0.2, 0.25) is 0 Å². The number of hydrogen-bond donors (Lipinski definition) is 2. The number of carbonyl (C=O) groups excluding carboxylic acids is 2. The molecule has 3 rings (SSSR count). The number of nitrogens with two attached hydrogens (primary N) is 1. The topological polar surface area (TPSA) is 106 Å². The van der Waals surface area contributed by atoms with Crippen molar-refractivity contribution < 1.29 is 19.4 Å². The molecule has 124 valence electrons. The SMILES string of the molecule is COC(=O)c1nc(C)c2c(c1N)C(O)N(Cc1ccccc1)C2=O. The molecule has 24 heavy (non-hydrogen) atoms. The van der Waals surface area contributed by atoms with E-state index < -0.39 is 12.2 Å². The summed E-state index contributed by atoms with van der Waals surface area (Å²) < 4.78 is 4.65. The summed E-state index contributed by atoms with van der Waals surface area (Å²) in [5.74, 6) is -1.07. The van der Waals surface area contributed by atoms with Gasteiger partial charge in [0.05, 0.1) is 24.1 Å². The number of rotatable bonds is 3. The van der Waals surface area contributed by atoms with E-state index in [1.807, 2.05) is 30.3 Å². The first-order valence-electron chi connectivity index (χ1n) is 7.37. The monoisotopic (exact) mass is 327 g/mol. The average Bonchev–Trinajstić information content (AvgIpc) is 2.84. The second-order valence-electron chi connectivity index (χ2n) is 5.53. The number of nitrogen functional groups attached to an aromatic ring is 1. The second-order valence-corrected chi connectivity index (χ2v) is 5.53. The lowest BCUT2D eigenvalue weighted by Gasteiger charge is -2.21. The molecule has 0 saturated heterocycles. The number of aromatic nitrogens is 1. The fourth-order valence-electron chi connectivity index (χ4n) is 2.88. The Bertz CT molecular complexity index is 820. The molecule has 1 aliphatic heterocycles. The standard InChI is InChI=1S/C17H17N3O4/c1-9-11-12(13(18)14(19-9)17(23)24-2)16(22)20(15(11)21)8-10-6-4-3-5-7-10/h3-7,16,22H,8,18H2,1-2H3. The van der Waals surface area contributed by atoms with E-state index in [4.69, 9.17) is 5.73 Å². The zero-order valence-corrected chi connectivity index (χ0v) is 13.3. The molecule has 7 heteroatoms. The highest BCUT2D eigenvalue weighted by Gasteiger charge is 2.40. The van der Waals surface area contributed by atoms with Crippen molar-refractivity contribution in [2.24, 2.45) is 0 Å². The first-order valence-corrected chi connectivity index (χ1v) is 7.37. The Morgan fingerprint density at radius 1 is 1.38 bits per heavy atom. The number of aliphatic hydroxyl groups excluding tert-OH is 1. The molecule has 2 heterocycles. The number of pyridine rings is 1. The van der Waals surface area contributed by atoms with E-state index in [-0.39, 0.29) is 35.0 Å². The molecule has 1 aromatic heterocycles. The van der Waals surface area contributed by atoms with Gasteiger partial charge in [0.1, 0.15) is 0 Å². The van der Waals surface area contributed by atoms with Crippen LogP contribution in [0.3, 0.4) is 0 Å². The Morgan fingerprint density at radius 2 is 2.04 bits per heavy atom. The lowest BCUT2D eigenvalue weighted by atomic mass is 10.0. The molecular weight excluding hydrogens is 310 g/mol. The van der Waals surface area contributed by atoms with Gasteiger partial charge in [-0.05, 0) is 12.5 Å². The summed E-state index contributed by atoms with van der Waals surface area (Å²) in [7, 11) is 1.22. The zero-order chi connectivity index (χ0) is 17.4. The lowest BCUT2D eigenvalue weighted by Crippen LogP contribution is -2.27. The number of ether oxygens (including phenoxy) is 1. The smallest absolute Gasteiger partial charge is 0.358 e. The van der Waals surface area contributed by atoms with Crippen LogP contribution in [0.15, 0.2) is 30.3 Å². The Kier molecular flexibility index (Phi) is 3.94. The predicted octanol–water partition coefficient (Wildman–Crippen LogP) is 1.41. The summed E-state index contributed by atoms with van der Waals surface area (Å²) in [5, 5.41) is 10.6.